The molecule has 9 heteroatoms. The molecule has 2 unspecified atom stereocenters. The van der Waals surface area contributed by atoms with Gasteiger partial charge in [0.05, 0.1) is 24.0 Å². The highest BCUT2D eigenvalue weighted by Crippen LogP contribution is 2.65. The van der Waals surface area contributed by atoms with Gasteiger partial charge >= 0.3 is 0 Å². The Bertz CT molecular complexity index is 1490. The SMILES string of the molecule is C=CCN(C(=O)[C@@H]1[C@H]2C(=O)N(CCCO)C(C(=O)N(CC=C)c3cc(C)ccc3C)C23CC[C@@]1(CC)O3)c1ccc(OCC)cc1. The molecule has 2 aromatic carbocycles. The minimum absolute atomic E-state index is 0.136. The second kappa shape index (κ2) is 13.4. The predicted octanol–water partition coefficient (Wildman–Crippen LogP) is 4.98. The summed E-state index contributed by atoms with van der Waals surface area (Å²) in [7, 11) is 0. The zero-order valence-electron chi connectivity index (χ0n) is 27.5. The van der Waals surface area contributed by atoms with Gasteiger partial charge in [-0.05, 0) is 87.9 Å². The summed E-state index contributed by atoms with van der Waals surface area (Å²) >= 11 is 0. The lowest BCUT2D eigenvalue weighted by atomic mass is 9.64. The molecule has 3 heterocycles. The van der Waals surface area contributed by atoms with E-state index >= 15 is 0 Å². The first kappa shape index (κ1) is 33.4. The monoisotopic (exact) mass is 629 g/mol. The van der Waals surface area contributed by atoms with Gasteiger partial charge in [0, 0.05) is 37.6 Å². The van der Waals surface area contributed by atoms with Crippen molar-refractivity contribution in [2.75, 3.05) is 42.6 Å². The van der Waals surface area contributed by atoms with E-state index in [9.17, 15) is 19.5 Å². The van der Waals surface area contributed by atoms with Crippen LogP contribution in [0.2, 0.25) is 0 Å². The van der Waals surface area contributed by atoms with Crippen molar-refractivity contribution in [1.29, 1.82) is 0 Å². The number of carbonyl (C=O) groups excluding carboxylic acids is 3. The highest BCUT2D eigenvalue weighted by molar-refractivity contribution is 6.07. The highest BCUT2D eigenvalue weighted by Gasteiger charge is 2.79. The molecule has 0 aromatic heterocycles. The van der Waals surface area contributed by atoms with Crippen LogP contribution in [0.15, 0.2) is 67.8 Å². The van der Waals surface area contributed by atoms with Crippen LogP contribution < -0.4 is 14.5 Å². The molecular formula is C37H47N3O6. The second-order valence-electron chi connectivity index (χ2n) is 12.6. The quantitative estimate of drug-likeness (QED) is 0.296. The number of rotatable bonds is 14. The molecule has 3 aliphatic rings. The summed E-state index contributed by atoms with van der Waals surface area (Å²) in [5.74, 6) is -1.71. The van der Waals surface area contributed by atoms with Crippen LogP contribution in [0.4, 0.5) is 11.4 Å². The molecule has 3 amide bonds. The van der Waals surface area contributed by atoms with Crippen LogP contribution in [-0.4, -0.2) is 77.8 Å². The predicted molar refractivity (Wildman–Crippen MR) is 179 cm³/mol. The number of hydrogen-bond acceptors (Lipinski definition) is 6. The minimum atomic E-state index is -1.18. The molecule has 9 nitrogen and oxygen atoms in total. The summed E-state index contributed by atoms with van der Waals surface area (Å²) in [6, 6.07) is 12.3. The van der Waals surface area contributed by atoms with E-state index in [0.717, 1.165) is 16.8 Å². The average molecular weight is 630 g/mol. The Balaban J connectivity index is 1.60. The van der Waals surface area contributed by atoms with Crippen LogP contribution in [-0.2, 0) is 19.1 Å². The molecule has 3 saturated heterocycles. The third-order valence-electron chi connectivity index (χ3n) is 10.0. The molecule has 2 aromatic rings. The molecule has 0 radical (unpaired) electrons. The van der Waals surface area contributed by atoms with Gasteiger partial charge in [0.1, 0.15) is 17.4 Å². The molecule has 5 rings (SSSR count). The first-order valence-corrected chi connectivity index (χ1v) is 16.4. The normalized spacial score (nSPS) is 26.2. The molecule has 0 aliphatic carbocycles. The number of aliphatic hydroxyl groups is 1. The Morgan fingerprint density at radius 1 is 1.04 bits per heavy atom. The van der Waals surface area contributed by atoms with Gasteiger partial charge in [-0.3, -0.25) is 14.4 Å². The molecular weight excluding hydrogens is 582 g/mol. The fourth-order valence-electron chi connectivity index (χ4n) is 7.96. The lowest BCUT2D eigenvalue weighted by Crippen LogP contribution is -2.57. The number of carbonyl (C=O) groups is 3. The zero-order chi connectivity index (χ0) is 33.2. The first-order valence-electron chi connectivity index (χ1n) is 16.4. The van der Waals surface area contributed by atoms with Crippen molar-refractivity contribution in [2.24, 2.45) is 11.8 Å². The van der Waals surface area contributed by atoms with E-state index in [1.165, 1.54) is 0 Å². The Kier molecular flexibility index (Phi) is 9.75. The van der Waals surface area contributed by atoms with Crippen molar-refractivity contribution in [3.05, 3.63) is 78.9 Å². The van der Waals surface area contributed by atoms with Gasteiger partial charge in [-0.1, -0.05) is 31.2 Å². The number of nitrogens with zero attached hydrogens (tertiary/aromatic N) is 3. The lowest BCUT2D eigenvalue weighted by molar-refractivity contribution is -0.146. The molecule has 0 saturated carbocycles. The Morgan fingerprint density at radius 3 is 2.37 bits per heavy atom. The smallest absolute Gasteiger partial charge is 0.253 e. The van der Waals surface area contributed by atoms with Crippen LogP contribution in [0, 0.1) is 25.7 Å². The van der Waals surface area contributed by atoms with E-state index in [1.807, 2.05) is 70.2 Å². The molecule has 2 bridgehead atoms. The standard InChI is InChI=1S/C37H47N3O6/c1-7-20-38(27-14-16-28(17-15-27)45-10-4)33(42)30-31-34(43)40(22-11-23-41)32(37(31)19-18-36(30,9-3)46-37)35(44)39(21-8-2)29-24-25(5)12-13-26(29)6/h7-8,12-17,24,30-32,41H,1-2,9-11,18-23H2,3-6H3/t30-,31-,32?,36+,37?/m0/s1. The number of anilines is 2. The Labute approximate surface area is 272 Å². The summed E-state index contributed by atoms with van der Waals surface area (Å²) in [6.45, 7) is 16.7. The van der Waals surface area contributed by atoms with Gasteiger partial charge in [-0.2, -0.15) is 0 Å². The van der Waals surface area contributed by atoms with Crippen molar-refractivity contribution in [3.8, 4) is 5.75 Å². The van der Waals surface area contributed by atoms with E-state index in [0.29, 0.717) is 43.7 Å². The van der Waals surface area contributed by atoms with Crippen molar-refractivity contribution >= 4 is 29.1 Å². The van der Waals surface area contributed by atoms with Crippen LogP contribution in [0.3, 0.4) is 0 Å². The molecule has 1 spiro atoms. The highest BCUT2D eigenvalue weighted by atomic mass is 16.5. The molecule has 246 valence electrons. The first-order chi connectivity index (χ1) is 22.1. The number of aryl methyl sites for hydroxylation is 2. The molecule has 3 fully saturated rings. The summed E-state index contributed by atoms with van der Waals surface area (Å²) in [4.78, 5) is 49.2. The fraction of sp³-hybridized carbons (Fsp3) is 0.486. The maximum atomic E-state index is 14.9. The van der Waals surface area contributed by atoms with Crippen LogP contribution in [0.1, 0.15) is 50.7 Å². The number of aliphatic hydroxyl groups excluding tert-OH is 1. The number of ether oxygens (including phenoxy) is 2. The third kappa shape index (κ3) is 5.43. The van der Waals surface area contributed by atoms with Crippen molar-refractivity contribution in [3.63, 3.8) is 0 Å². The number of likely N-dealkylation sites (tertiary alicyclic amines) is 1. The van der Waals surface area contributed by atoms with Gasteiger partial charge in [-0.15, -0.1) is 13.2 Å². The number of hydrogen-bond donors (Lipinski definition) is 1. The van der Waals surface area contributed by atoms with Gasteiger partial charge in [0.15, 0.2) is 0 Å². The summed E-state index contributed by atoms with van der Waals surface area (Å²) < 4.78 is 12.6. The number of benzene rings is 2. The zero-order valence-corrected chi connectivity index (χ0v) is 27.5. The van der Waals surface area contributed by atoms with Gasteiger partial charge in [-0.25, -0.2) is 0 Å². The fourth-order valence-corrected chi connectivity index (χ4v) is 7.96. The van der Waals surface area contributed by atoms with E-state index in [1.54, 1.807) is 26.9 Å². The maximum absolute atomic E-state index is 14.9. The van der Waals surface area contributed by atoms with Crippen molar-refractivity contribution < 1.29 is 29.0 Å². The van der Waals surface area contributed by atoms with Gasteiger partial charge in [0.2, 0.25) is 11.8 Å². The molecule has 46 heavy (non-hydrogen) atoms. The molecule has 5 atom stereocenters. The lowest BCUT2D eigenvalue weighted by Gasteiger charge is -2.37. The summed E-state index contributed by atoms with van der Waals surface area (Å²) in [5, 5.41) is 9.78. The largest absolute Gasteiger partial charge is 0.494 e. The van der Waals surface area contributed by atoms with E-state index in [4.69, 9.17) is 9.47 Å². The number of amides is 3. The summed E-state index contributed by atoms with van der Waals surface area (Å²) in [5.41, 5.74) is 1.26. The number of fused-ring (bicyclic) bond motifs is 1. The van der Waals surface area contributed by atoms with E-state index in [2.05, 4.69) is 13.2 Å². The Hall–Kier alpha value is -3.95. The maximum Gasteiger partial charge on any atom is 0.253 e. The average Bonchev–Trinajstić information content (AvgIpc) is 3.66. The topological polar surface area (TPSA) is 99.6 Å². The molecule has 1 N–H and O–H groups in total. The second-order valence-corrected chi connectivity index (χ2v) is 12.6. The Morgan fingerprint density at radius 2 is 1.74 bits per heavy atom. The van der Waals surface area contributed by atoms with Crippen molar-refractivity contribution in [1.82, 2.24) is 4.90 Å². The van der Waals surface area contributed by atoms with Crippen LogP contribution >= 0.6 is 0 Å². The van der Waals surface area contributed by atoms with Crippen molar-refractivity contribution in [2.45, 2.75) is 70.6 Å². The van der Waals surface area contributed by atoms with Gasteiger partial charge < -0.3 is 29.3 Å². The van der Waals surface area contributed by atoms with Crippen LogP contribution in [0.5, 0.6) is 5.75 Å². The van der Waals surface area contributed by atoms with E-state index in [-0.39, 0.29) is 44.0 Å². The summed E-state index contributed by atoms with van der Waals surface area (Å²) in [6.07, 6.45) is 5.20. The van der Waals surface area contributed by atoms with Crippen LogP contribution in [0.25, 0.3) is 0 Å². The minimum Gasteiger partial charge on any atom is -0.494 e. The third-order valence-corrected chi connectivity index (χ3v) is 10.0. The molecule has 3 aliphatic heterocycles. The van der Waals surface area contributed by atoms with E-state index < -0.39 is 29.1 Å². The van der Waals surface area contributed by atoms with Gasteiger partial charge in [0.25, 0.3) is 5.91 Å².